The van der Waals surface area contributed by atoms with Crippen LogP contribution in [-0.4, -0.2) is 25.6 Å². The standard InChI is InChI=1S/C11H14O4/c1-11(13,7-12)8-4-5-9(14-2)10(6-8)15-3/h4-7,13H,1-3H3. The number of methoxy groups -OCH3 is 2. The Bertz CT molecular complexity index is 358. The third-order valence-corrected chi connectivity index (χ3v) is 2.20. The van der Waals surface area contributed by atoms with Crippen molar-refractivity contribution in [2.75, 3.05) is 14.2 Å². The molecule has 1 aromatic rings. The van der Waals surface area contributed by atoms with Crippen LogP contribution in [0, 0.1) is 0 Å². The Morgan fingerprint density at radius 1 is 1.27 bits per heavy atom. The van der Waals surface area contributed by atoms with E-state index in [1.54, 1.807) is 18.2 Å². The van der Waals surface area contributed by atoms with Gasteiger partial charge in [0.05, 0.1) is 14.2 Å². The molecule has 1 rings (SSSR count). The maximum atomic E-state index is 10.7. The maximum absolute atomic E-state index is 10.7. The fraction of sp³-hybridized carbons (Fsp3) is 0.364. The van der Waals surface area contributed by atoms with Gasteiger partial charge < -0.3 is 14.6 Å². The van der Waals surface area contributed by atoms with Crippen molar-refractivity contribution in [3.8, 4) is 11.5 Å². The molecular formula is C11H14O4. The van der Waals surface area contributed by atoms with E-state index in [1.807, 2.05) is 0 Å². The molecular weight excluding hydrogens is 196 g/mol. The molecule has 0 aromatic heterocycles. The highest BCUT2D eigenvalue weighted by Gasteiger charge is 2.23. The van der Waals surface area contributed by atoms with Gasteiger partial charge in [-0.1, -0.05) is 6.07 Å². The van der Waals surface area contributed by atoms with Crippen molar-refractivity contribution >= 4 is 6.29 Å². The van der Waals surface area contributed by atoms with Crippen molar-refractivity contribution in [3.05, 3.63) is 23.8 Å². The van der Waals surface area contributed by atoms with Crippen LogP contribution in [0.3, 0.4) is 0 Å². The van der Waals surface area contributed by atoms with Gasteiger partial charge in [-0.15, -0.1) is 0 Å². The summed E-state index contributed by atoms with van der Waals surface area (Å²) in [6.07, 6.45) is 0.480. The zero-order valence-corrected chi connectivity index (χ0v) is 8.98. The molecule has 0 fully saturated rings. The van der Waals surface area contributed by atoms with Crippen LogP contribution in [0.25, 0.3) is 0 Å². The van der Waals surface area contributed by atoms with E-state index in [4.69, 9.17) is 9.47 Å². The second-order valence-electron chi connectivity index (χ2n) is 3.34. The molecule has 4 nitrogen and oxygen atoms in total. The zero-order valence-electron chi connectivity index (χ0n) is 8.98. The van der Waals surface area contributed by atoms with E-state index in [-0.39, 0.29) is 0 Å². The van der Waals surface area contributed by atoms with Gasteiger partial charge in [0.15, 0.2) is 17.8 Å². The van der Waals surface area contributed by atoms with Gasteiger partial charge in [-0.05, 0) is 24.6 Å². The van der Waals surface area contributed by atoms with Crippen molar-refractivity contribution in [2.45, 2.75) is 12.5 Å². The molecule has 0 spiro atoms. The van der Waals surface area contributed by atoms with E-state index in [0.29, 0.717) is 23.3 Å². The Kier molecular flexibility index (Phi) is 3.31. The molecule has 82 valence electrons. The van der Waals surface area contributed by atoms with Gasteiger partial charge in [-0.25, -0.2) is 0 Å². The van der Waals surface area contributed by atoms with E-state index in [2.05, 4.69) is 0 Å². The van der Waals surface area contributed by atoms with E-state index < -0.39 is 5.60 Å². The average Bonchev–Trinajstić information content (AvgIpc) is 2.28. The quantitative estimate of drug-likeness (QED) is 0.756. The van der Waals surface area contributed by atoms with Gasteiger partial charge in [-0.3, -0.25) is 4.79 Å². The molecule has 1 aromatic carbocycles. The molecule has 4 heteroatoms. The summed E-state index contributed by atoms with van der Waals surface area (Å²) in [5.74, 6) is 1.04. The summed E-state index contributed by atoms with van der Waals surface area (Å²) in [4.78, 5) is 10.7. The number of ether oxygens (including phenoxy) is 2. The summed E-state index contributed by atoms with van der Waals surface area (Å²) < 4.78 is 10.1. The highest BCUT2D eigenvalue weighted by Crippen LogP contribution is 2.31. The summed E-state index contributed by atoms with van der Waals surface area (Å²) in [5, 5.41) is 9.71. The van der Waals surface area contributed by atoms with Gasteiger partial charge in [0.25, 0.3) is 0 Å². The summed E-state index contributed by atoms with van der Waals surface area (Å²) in [5.41, 5.74) is -1.03. The van der Waals surface area contributed by atoms with Crippen LogP contribution >= 0.6 is 0 Å². The lowest BCUT2D eigenvalue weighted by Gasteiger charge is -2.18. The SMILES string of the molecule is COc1ccc(C(C)(O)C=O)cc1OC. The van der Waals surface area contributed by atoms with Crippen LogP contribution in [0.15, 0.2) is 18.2 Å². The smallest absolute Gasteiger partial charge is 0.161 e. The molecule has 0 aliphatic rings. The molecule has 0 saturated heterocycles. The number of hydrogen-bond donors (Lipinski definition) is 1. The molecule has 1 unspecified atom stereocenters. The van der Waals surface area contributed by atoms with Gasteiger partial charge in [0, 0.05) is 0 Å². The van der Waals surface area contributed by atoms with E-state index in [1.165, 1.54) is 21.1 Å². The minimum absolute atomic E-state index is 0.468. The number of hydrogen-bond acceptors (Lipinski definition) is 4. The number of carbonyl (C=O) groups is 1. The number of benzene rings is 1. The van der Waals surface area contributed by atoms with Crippen LogP contribution < -0.4 is 9.47 Å². The highest BCUT2D eigenvalue weighted by atomic mass is 16.5. The third-order valence-electron chi connectivity index (χ3n) is 2.20. The Labute approximate surface area is 88.4 Å². The Balaban J connectivity index is 3.19. The van der Waals surface area contributed by atoms with Gasteiger partial charge in [-0.2, -0.15) is 0 Å². The van der Waals surface area contributed by atoms with Gasteiger partial charge in [0.1, 0.15) is 5.60 Å². The van der Waals surface area contributed by atoms with E-state index >= 15 is 0 Å². The van der Waals surface area contributed by atoms with Crippen molar-refractivity contribution in [1.29, 1.82) is 0 Å². The predicted octanol–water partition coefficient (Wildman–Crippen LogP) is 1.11. The van der Waals surface area contributed by atoms with Crippen molar-refractivity contribution in [2.24, 2.45) is 0 Å². The van der Waals surface area contributed by atoms with Crippen LogP contribution in [-0.2, 0) is 10.4 Å². The Morgan fingerprint density at radius 3 is 2.33 bits per heavy atom. The summed E-state index contributed by atoms with van der Waals surface area (Å²) in [6, 6.07) is 4.84. The number of aliphatic hydroxyl groups is 1. The van der Waals surface area contributed by atoms with Gasteiger partial charge in [0.2, 0.25) is 0 Å². The lowest BCUT2D eigenvalue weighted by molar-refractivity contribution is -0.123. The first-order chi connectivity index (χ1) is 7.05. The molecule has 0 radical (unpaired) electrons. The fourth-order valence-corrected chi connectivity index (χ4v) is 1.22. The second kappa shape index (κ2) is 4.31. The second-order valence-corrected chi connectivity index (χ2v) is 3.34. The van der Waals surface area contributed by atoms with Gasteiger partial charge >= 0.3 is 0 Å². The predicted molar refractivity (Wildman–Crippen MR) is 55.2 cm³/mol. The molecule has 0 amide bonds. The normalized spacial score (nSPS) is 14.1. The first kappa shape index (κ1) is 11.5. The van der Waals surface area contributed by atoms with Crippen molar-refractivity contribution in [1.82, 2.24) is 0 Å². The first-order valence-corrected chi connectivity index (χ1v) is 4.46. The average molecular weight is 210 g/mol. The monoisotopic (exact) mass is 210 g/mol. The largest absolute Gasteiger partial charge is 0.493 e. The molecule has 15 heavy (non-hydrogen) atoms. The topological polar surface area (TPSA) is 55.8 Å². The third kappa shape index (κ3) is 2.27. The lowest BCUT2D eigenvalue weighted by Crippen LogP contribution is -2.22. The minimum Gasteiger partial charge on any atom is -0.493 e. The van der Waals surface area contributed by atoms with Crippen LogP contribution in [0.4, 0.5) is 0 Å². The zero-order chi connectivity index (χ0) is 11.5. The Hall–Kier alpha value is -1.55. The van der Waals surface area contributed by atoms with Crippen molar-refractivity contribution < 1.29 is 19.4 Å². The highest BCUT2D eigenvalue weighted by molar-refractivity contribution is 5.66. The molecule has 0 heterocycles. The molecule has 1 atom stereocenters. The summed E-state index contributed by atoms with van der Waals surface area (Å²) in [6.45, 7) is 1.42. The fourth-order valence-electron chi connectivity index (χ4n) is 1.22. The maximum Gasteiger partial charge on any atom is 0.161 e. The molecule has 0 aliphatic carbocycles. The summed E-state index contributed by atoms with van der Waals surface area (Å²) >= 11 is 0. The minimum atomic E-state index is -1.50. The number of carbonyl (C=O) groups excluding carboxylic acids is 1. The molecule has 1 N–H and O–H groups in total. The van der Waals surface area contributed by atoms with E-state index in [0.717, 1.165) is 0 Å². The Morgan fingerprint density at radius 2 is 1.87 bits per heavy atom. The number of aldehydes is 1. The van der Waals surface area contributed by atoms with Crippen LogP contribution in [0.1, 0.15) is 12.5 Å². The summed E-state index contributed by atoms with van der Waals surface area (Å²) in [7, 11) is 3.02. The molecule has 0 bridgehead atoms. The number of rotatable bonds is 4. The lowest BCUT2D eigenvalue weighted by atomic mass is 9.97. The van der Waals surface area contributed by atoms with E-state index in [9.17, 15) is 9.90 Å². The molecule has 0 saturated carbocycles. The van der Waals surface area contributed by atoms with Crippen LogP contribution in [0.5, 0.6) is 11.5 Å². The first-order valence-electron chi connectivity index (χ1n) is 4.46. The van der Waals surface area contributed by atoms with Crippen LogP contribution in [0.2, 0.25) is 0 Å². The van der Waals surface area contributed by atoms with Crippen molar-refractivity contribution in [3.63, 3.8) is 0 Å². The molecule has 0 aliphatic heterocycles.